The van der Waals surface area contributed by atoms with Gasteiger partial charge in [-0.05, 0) is 56.4 Å². The molecule has 8 heteroatoms. The molecule has 2 aliphatic rings. The highest BCUT2D eigenvalue weighted by Crippen LogP contribution is 2.36. The van der Waals surface area contributed by atoms with Gasteiger partial charge < -0.3 is 9.64 Å². The maximum atomic E-state index is 13.4. The summed E-state index contributed by atoms with van der Waals surface area (Å²) < 4.78 is 5.83. The van der Waals surface area contributed by atoms with Crippen molar-refractivity contribution in [3.63, 3.8) is 0 Å². The molecule has 0 radical (unpaired) electrons. The largest absolute Gasteiger partial charge is 0.466 e. The van der Waals surface area contributed by atoms with Crippen LogP contribution in [0.5, 0.6) is 0 Å². The first-order chi connectivity index (χ1) is 18.5. The Kier molecular flexibility index (Phi) is 8.39. The van der Waals surface area contributed by atoms with Gasteiger partial charge in [-0.15, -0.1) is 0 Å². The molecular formula is C30H31N3O3S2. The number of amides is 1. The minimum absolute atomic E-state index is 0.0480. The van der Waals surface area contributed by atoms with Crippen LogP contribution in [0.25, 0.3) is 17.0 Å². The zero-order valence-electron chi connectivity index (χ0n) is 21.5. The van der Waals surface area contributed by atoms with Crippen molar-refractivity contribution in [1.82, 2.24) is 9.88 Å². The quantitative estimate of drug-likeness (QED) is 0.200. The van der Waals surface area contributed by atoms with Crippen molar-refractivity contribution in [2.45, 2.75) is 32.6 Å². The molecule has 0 unspecified atom stereocenters. The van der Waals surface area contributed by atoms with E-state index in [2.05, 4.69) is 23.1 Å². The summed E-state index contributed by atoms with van der Waals surface area (Å²) in [7, 11) is 0. The van der Waals surface area contributed by atoms with Crippen LogP contribution in [0.4, 0.5) is 5.82 Å². The number of thioether (sulfide) groups is 1. The Morgan fingerprint density at radius 1 is 1.13 bits per heavy atom. The first-order valence-electron chi connectivity index (χ1n) is 13.1. The van der Waals surface area contributed by atoms with Gasteiger partial charge in [0.1, 0.15) is 10.1 Å². The molecule has 2 fully saturated rings. The third-order valence-electron chi connectivity index (χ3n) is 7.00. The molecule has 2 aromatic carbocycles. The highest BCUT2D eigenvalue weighted by molar-refractivity contribution is 8.26. The average molecular weight is 546 g/mol. The van der Waals surface area contributed by atoms with Gasteiger partial charge in [0, 0.05) is 30.6 Å². The summed E-state index contributed by atoms with van der Waals surface area (Å²) in [5.74, 6) is 0.588. The number of anilines is 1. The number of ether oxygens (including phenoxy) is 1. The number of fused-ring (bicyclic) bond motifs is 1. The van der Waals surface area contributed by atoms with E-state index in [0.29, 0.717) is 35.5 Å². The van der Waals surface area contributed by atoms with Gasteiger partial charge in [-0.25, -0.2) is 4.98 Å². The normalized spacial score (nSPS) is 17.6. The van der Waals surface area contributed by atoms with Gasteiger partial charge in [0.2, 0.25) is 0 Å². The molecule has 2 aliphatic heterocycles. The van der Waals surface area contributed by atoms with E-state index in [1.54, 1.807) is 4.90 Å². The zero-order chi connectivity index (χ0) is 26.5. The van der Waals surface area contributed by atoms with E-state index in [0.717, 1.165) is 48.0 Å². The summed E-state index contributed by atoms with van der Waals surface area (Å²) in [6, 6.07) is 20.4. The molecule has 3 heterocycles. The van der Waals surface area contributed by atoms with E-state index in [1.807, 2.05) is 55.5 Å². The first kappa shape index (κ1) is 26.4. The van der Waals surface area contributed by atoms with Crippen molar-refractivity contribution in [3.05, 3.63) is 76.7 Å². The van der Waals surface area contributed by atoms with E-state index in [-0.39, 0.29) is 17.8 Å². The monoisotopic (exact) mass is 545 g/mol. The predicted molar refractivity (Wildman–Crippen MR) is 158 cm³/mol. The molecule has 6 nitrogen and oxygen atoms in total. The Morgan fingerprint density at radius 3 is 2.63 bits per heavy atom. The summed E-state index contributed by atoms with van der Waals surface area (Å²) in [4.78, 5) is 35.1. The second-order valence-corrected chi connectivity index (χ2v) is 11.2. The van der Waals surface area contributed by atoms with Crippen LogP contribution in [0.15, 0.2) is 65.6 Å². The van der Waals surface area contributed by atoms with Crippen LogP contribution in [0.2, 0.25) is 0 Å². The third kappa shape index (κ3) is 5.92. The van der Waals surface area contributed by atoms with E-state index >= 15 is 0 Å². The van der Waals surface area contributed by atoms with Gasteiger partial charge in [0.15, 0.2) is 0 Å². The van der Waals surface area contributed by atoms with Crippen LogP contribution in [0, 0.1) is 5.92 Å². The Hall–Kier alpha value is -3.23. The Bertz CT molecular complexity index is 1370. The van der Waals surface area contributed by atoms with Crippen molar-refractivity contribution in [2.75, 3.05) is 31.1 Å². The van der Waals surface area contributed by atoms with Gasteiger partial charge >= 0.3 is 5.97 Å². The number of thiocarbonyl (C=S) groups is 1. The Labute approximate surface area is 233 Å². The number of nitrogens with zero attached hydrogens (tertiary/aromatic N) is 3. The summed E-state index contributed by atoms with van der Waals surface area (Å²) in [5.41, 5.74) is 3.05. The van der Waals surface area contributed by atoms with Crippen molar-refractivity contribution in [3.8, 4) is 0 Å². The summed E-state index contributed by atoms with van der Waals surface area (Å²) in [6.45, 7) is 4.25. The number of hydrogen-bond donors (Lipinski definition) is 0. The van der Waals surface area contributed by atoms with Crippen LogP contribution in [0.1, 0.15) is 37.3 Å². The number of pyridine rings is 1. The van der Waals surface area contributed by atoms with Gasteiger partial charge in [0.25, 0.3) is 5.91 Å². The molecule has 0 aliphatic carbocycles. The highest BCUT2D eigenvalue weighted by atomic mass is 32.2. The van der Waals surface area contributed by atoms with E-state index in [9.17, 15) is 9.59 Å². The second-order valence-electron chi connectivity index (χ2n) is 9.53. The lowest BCUT2D eigenvalue weighted by atomic mass is 9.96. The number of rotatable bonds is 8. The standard InChI is InChI=1S/C30H31N3O3S2/c1-2-36-29(35)22-14-17-32(18-15-22)27-24(19-23-12-6-7-13-25(23)31-27)20-26-28(34)33(30(37)38-26)16-8-11-21-9-4-3-5-10-21/h3-7,9-10,12-13,19-20,22H,2,8,11,14-18H2,1H3/b26-20-. The average Bonchev–Trinajstić information content (AvgIpc) is 3.21. The summed E-state index contributed by atoms with van der Waals surface area (Å²) in [5, 5.41) is 1.02. The summed E-state index contributed by atoms with van der Waals surface area (Å²) >= 11 is 6.95. The van der Waals surface area contributed by atoms with Crippen molar-refractivity contribution in [2.24, 2.45) is 5.92 Å². The SMILES string of the molecule is CCOC(=O)C1CCN(c2nc3ccccc3cc2/C=C2\SC(=S)N(CCCc3ccccc3)C2=O)CC1. The molecule has 1 amide bonds. The predicted octanol–water partition coefficient (Wildman–Crippen LogP) is 5.85. The zero-order valence-corrected chi connectivity index (χ0v) is 23.1. The fraction of sp³-hybridized carbons (Fsp3) is 0.333. The van der Waals surface area contributed by atoms with Crippen LogP contribution in [-0.4, -0.2) is 52.3 Å². The van der Waals surface area contributed by atoms with Gasteiger partial charge in [-0.1, -0.05) is 72.5 Å². The smallest absolute Gasteiger partial charge is 0.309 e. The molecular weight excluding hydrogens is 514 g/mol. The second kappa shape index (κ2) is 12.1. The number of carbonyl (C=O) groups excluding carboxylic acids is 2. The molecule has 0 atom stereocenters. The van der Waals surface area contributed by atoms with E-state index < -0.39 is 0 Å². The Morgan fingerprint density at radius 2 is 1.87 bits per heavy atom. The van der Waals surface area contributed by atoms with E-state index in [4.69, 9.17) is 21.9 Å². The fourth-order valence-electron chi connectivity index (χ4n) is 4.99. The minimum atomic E-state index is -0.116. The van der Waals surface area contributed by atoms with Crippen LogP contribution >= 0.6 is 24.0 Å². The minimum Gasteiger partial charge on any atom is -0.466 e. The molecule has 3 aromatic rings. The number of para-hydroxylation sites is 1. The molecule has 0 bridgehead atoms. The number of benzene rings is 2. The number of aryl methyl sites for hydroxylation is 1. The van der Waals surface area contributed by atoms with Crippen LogP contribution in [-0.2, 0) is 20.7 Å². The molecule has 0 N–H and O–H groups in total. The van der Waals surface area contributed by atoms with Gasteiger partial charge in [-0.3, -0.25) is 14.5 Å². The number of esters is 1. The maximum absolute atomic E-state index is 13.4. The van der Waals surface area contributed by atoms with Gasteiger partial charge in [0.05, 0.1) is 22.9 Å². The first-order valence-corrected chi connectivity index (χ1v) is 14.4. The number of piperidine rings is 1. The topological polar surface area (TPSA) is 62.7 Å². The maximum Gasteiger partial charge on any atom is 0.309 e. The van der Waals surface area contributed by atoms with Gasteiger partial charge in [-0.2, -0.15) is 0 Å². The lowest BCUT2D eigenvalue weighted by Crippen LogP contribution is -2.37. The molecule has 38 heavy (non-hydrogen) atoms. The lowest BCUT2D eigenvalue weighted by molar-refractivity contribution is -0.148. The lowest BCUT2D eigenvalue weighted by Gasteiger charge is -2.32. The molecule has 2 saturated heterocycles. The molecule has 0 spiro atoms. The van der Waals surface area contributed by atoms with Crippen LogP contribution in [0.3, 0.4) is 0 Å². The molecule has 1 aromatic heterocycles. The Balaban J connectivity index is 1.36. The van der Waals surface area contributed by atoms with Crippen molar-refractivity contribution >= 4 is 63.0 Å². The molecule has 5 rings (SSSR count). The van der Waals surface area contributed by atoms with E-state index in [1.165, 1.54) is 17.3 Å². The summed E-state index contributed by atoms with van der Waals surface area (Å²) in [6.07, 6.45) is 5.12. The third-order valence-corrected chi connectivity index (χ3v) is 8.37. The fourth-order valence-corrected chi connectivity index (χ4v) is 6.29. The van der Waals surface area contributed by atoms with Crippen molar-refractivity contribution in [1.29, 1.82) is 0 Å². The number of hydrogen-bond acceptors (Lipinski definition) is 7. The molecule has 0 saturated carbocycles. The number of aromatic nitrogens is 1. The molecule has 196 valence electrons. The highest BCUT2D eigenvalue weighted by Gasteiger charge is 2.33. The van der Waals surface area contributed by atoms with Crippen molar-refractivity contribution < 1.29 is 14.3 Å². The number of carbonyl (C=O) groups is 2. The van der Waals surface area contributed by atoms with Crippen LogP contribution < -0.4 is 4.90 Å².